The maximum atomic E-state index is 12.5. The first-order valence-corrected chi connectivity index (χ1v) is 9.34. The lowest BCUT2D eigenvalue weighted by atomic mass is 9.88. The smallest absolute Gasteiger partial charge is 0.335 e. The van der Waals surface area contributed by atoms with E-state index >= 15 is 0 Å². The molecule has 0 spiro atoms. The van der Waals surface area contributed by atoms with Gasteiger partial charge in [-0.15, -0.1) is 0 Å². The fraction of sp³-hybridized carbons (Fsp3) is 0.235. The fourth-order valence-corrected chi connectivity index (χ4v) is 4.29. The molecule has 0 amide bonds. The molecule has 2 N–H and O–H groups in total. The molecule has 2 aromatic rings. The van der Waals surface area contributed by atoms with Gasteiger partial charge in [0.25, 0.3) is 0 Å². The van der Waals surface area contributed by atoms with Crippen molar-refractivity contribution < 1.29 is 18.3 Å². The molecule has 1 aliphatic carbocycles. The summed E-state index contributed by atoms with van der Waals surface area (Å²) in [5.41, 5.74) is 2.17. The molecule has 1 aliphatic rings. The monoisotopic (exact) mass is 365 g/mol. The van der Waals surface area contributed by atoms with Crippen molar-refractivity contribution in [2.24, 2.45) is 0 Å². The van der Waals surface area contributed by atoms with Crippen LogP contribution in [-0.4, -0.2) is 25.5 Å². The second-order valence-electron chi connectivity index (χ2n) is 5.80. The van der Waals surface area contributed by atoms with E-state index in [1.807, 2.05) is 6.07 Å². The Hall–Kier alpha value is -1.89. The second-order valence-corrected chi connectivity index (χ2v) is 7.95. The molecule has 1 unspecified atom stereocenters. The van der Waals surface area contributed by atoms with Gasteiger partial charge in [-0.05, 0) is 66.8 Å². The van der Waals surface area contributed by atoms with Crippen molar-refractivity contribution in [1.82, 2.24) is 4.72 Å². The van der Waals surface area contributed by atoms with Gasteiger partial charge in [0.2, 0.25) is 10.0 Å². The van der Waals surface area contributed by atoms with E-state index in [1.54, 1.807) is 12.1 Å². The predicted octanol–water partition coefficient (Wildman–Crippen LogP) is 2.87. The van der Waals surface area contributed by atoms with E-state index < -0.39 is 16.0 Å². The number of aromatic carboxylic acids is 1. The third kappa shape index (κ3) is 3.61. The molecule has 0 saturated heterocycles. The normalized spacial score (nSPS) is 17.3. The number of fused-ring (bicyclic) bond motifs is 1. The zero-order chi connectivity index (χ0) is 17.3. The number of carboxylic acids is 1. The summed E-state index contributed by atoms with van der Waals surface area (Å²) < 4.78 is 27.6. The SMILES string of the molecule is O=C(O)c1ccc2c(c1)CC(NS(=O)(=O)c1ccc(Cl)cc1)CC2. The molecule has 1 atom stereocenters. The Labute approximate surface area is 145 Å². The van der Waals surface area contributed by atoms with Gasteiger partial charge in [-0.1, -0.05) is 17.7 Å². The third-order valence-corrected chi connectivity index (χ3v) is 5.92. The summed E-state index contributed by atoms with van der Waals surface area (Å²) in [6.07, 6.45) is 1.86. The number of sulfonamides is 1. The summed E-state index contributed by atoms with van der Waals surface area (Å²) in [7, 11) is -3.63. The number of hydrogen-bond acceptors (Lipinski definition) is 3. The van der Waals surface area contributed by atoms with Gasteiger partial charge < -0.3 is 5.11 Å². The minimum Gasteiger partial charge on any atom is -0.478 e. The Morgan fingerprint density at radius 3 is 2.50 bits per heavy atom. The standard InChI is InChI=1S/C17H16ClNO4S/c18-14-4-7-16(8-5-14)24(22,23)19-15-6-3-11-1-2-12(17(20)21)9-13(11)10-15/h1-2,4-5,7-9,15,19H,3,6,10H2,(H,20,21). The van der Waals surface area contributed by atoms with E-state index in [1.165, 1.54) is 24.3 Å². The molecule has 126 valence electrons. The lowest BCUT2D eigenvalue weighted by Gasteiger charge is -2.25. The summed E-state index contributed by atoms with van der Waals surface area (Å²) in [5.74, 6) is -0.985. The lowest BCUT2D eigenvalue weighted by molar-refractivity contribution is 0.0696. The van der Waals surface area contributed by atoms with E-state index in [0.717, 1.165) is 11.1 Å². The summed E-state index contributed by atoms with van der Waals surface area (Å²) >= 11 is 5.79. The molecular formula is C17H16ClNO4S. The molecule has 0 heterocycles. The summed E-state index contributed by atoms with van der Waals surface area (Å²) in [4.78, 5) is 11.3. The van der Waals surface area contributed by atoms with Crippen molar-refractivity contribution in [2.45, 2.75) is 30.2 Å². The predicted molar refractivity (Wildman–Crippen MR) is 91.0 cm³/mol. The van der Waals surface area contributed by atoms with E-state index in [9.17, 15) is 13.2 Å². The van der Waals surface area contributed by atoms with E-state index in [4.69, 9.17) is 16.7 Å². The van der Waals surface area contributed by atoms with Crippen LogP contribution >= 0.6 is 11.6 Å². The van der Waals surface area contributed by atoms with Crippen LogP contribution in [0, 0.1) is 0 Å². The minimum atomic E-state index is -3.63. The van der Waals surface area contributed by atoms with Gasteiger partial charge in [0.05, 0.1) is 10.5 Å². The molecule has 0 saturated carbocycles. The van der Waals surface area contributed by atoms with Gasteiger partial charge in [0.1, 0.15) is 0 Å². The highest BCUT2D eigenvalue weighted by molar-refractivity contribution is 7.89. The maximum Gasteiger partial charge on any atom is 0.335 e. The van der Waals surface area contributed by atoms with Crippen LogP contribution in [0.5, 0.6) is 0 Å². The van der Waals surface area contributed by atoms with Crippen molar-refractivity contribution >= 4 is 27.6 Å². The fourth-order valence-electron chi connectivity index (χ4n) is 2.89. The van der Waals surface area contributed by atoms with E-state index in [2.05, 4.69) is 4.72 Å². The highest BCUT2D eigenvalue weighted by atomic mass is 35.5. The molecule has 0 aromatic heterocycles. The van der Waals surface area contributed by atoms with Crippen LogP contribution in [0.3, 0.4) is 0 Å². The van der Waals surface area contributed by atoms with Gasteiger partial charge >= 0.3 is 5.97 Å². The average molecular weight is 366 g/mol. The molecule has 2 aromatic carbocycles. The molecule has 5 nitrogen and oxygen atoms in total. The molecule has 0 aliphatic heterocycles. The van der Waals surface area contributed by atoms with Gasteiger partial charge in [-0.2, -0.15) is 0 Å². The van der Waals surface area contributed by atoms with Crippen molar-refractivity contribution in [3.8, 4) is 0 Å². The molecule has 7 heteroatoms. The quantitative estimate of drug-likeness (QED) is 0.872. The number of benzene rings is 2. The number of halogens is 1. The zero-order valence-corrected chi connectivity index (χ0v) is 14.3. The number of nitrogens with one attached hydrogen (secondary N) is 1. The molecule has 0 fully saturated rings. The average Bonchev–Trinajstić information content (AvgIpc) is 2.54. The summed E-state index contributed by atoms with van der Waals surface area (Å²) in [6.45, 7) is 0. The first kappa shape index (κ1) is 17.0. The Balaban J connectivity index is 1.79. The zero-order valence-electron chi connectivity index (χ0n) is 12.7. The molecule has 3 rings (SSSR count). The Morgan fingerprint density at radius 2 is 1.83 bits per heavy atom. The Morgan fingerprint density at radius 1 is 1.12 bits per heavy atom. The highest BCUT2D eigenvalue weighted by Gasteiger charge is 2.25. The summed E-state index contributed by atoms with van der Waals surface area (Å²) in [6, 6.07) is 10.7. The van der Waals surface area contributed by atoms with E-state index in [-0.39, 0.29) is 16.5 Å². The summed E-state index contributed by atoms with van der Waals surface area (Å²) in [5, 5.41) is 9.56. The highest BCUT2D eigenvalue weighted by Crippen LogP contribution is 2.24. The molecule has 0 radical (unpaired) electrons. The van der Waals surface area contributed by atoms with Gasteiger partial charge in [0, 0.05) is 11.1 Å². The third-order valence-electron chi connectivity index (χ3n) is 4.13. The first-order valence-electron chi connectivity index (χ1n) is 7.48. The molecular weight excluding hydrogens is 350 g/mol. The second kappa shape index (κ2) is 6.55. The molecule has 24 heavy (non-hydrogen) atoms. The van der Waals surface area contributed by atoms with Gasteiger partial charge in [0.15, 0.2) is 0 Å². The number of carbonyl (C=O) groups is 1. The number of aryl methyl sites for hydroxylation is 1. The van der Waals surface area contributed by atoms with Crippen LogP contribution in [-0.2, 0) is 22.9 Å². The van der Waals surface area contributed by atoms with Crippen LogP contribution in [0.1, 0.15) is 27.9 Å². The van der Waals surface area contributed by atoms with Crippen molar-refractivity contribution in [1.29, 1.82) is 0 Å². The number of hydrogen-bond donors (Lipinski definition) is 2. The Kier molecular flexibility index (Phi) is 4.62. The Bertz CT molecular complexity index is 878. The molecule has 0 bridgehead atoms. The first-order chi connectivity index (χ1) is 11.3. The van der Waals surface area contributed by atoms with Gasteiger partial charge in [-0.3, -0.25) is 0 Å². The van der Waals surface area contributed by atoms with Crippen LogP contribution in [0.15, 0.2) is 47.4 Å². The van der Waals surface area contributed by atoms with Crippen LogP contribution in [0.25, 0.3) is 0 Å². The largest absolute Gasteiger partial charge is 0.478 e. The van der Waals surface area contributed by atoms with Gasteiger partial charge in [-0.25, -0.2) is 17.9 Å². The number of rotatable bonds is 4. The minimum absolute atomic E-state index is 0.164. The maximum absolute atomic E-state index is 12.5. The van der Waals surface area contributed by atoms with Crippen LogP contribution in [0.4, 0.5) is 0 Å². The van der Waals surface area contributed by atoms with Crippen molar-refractivity contribution in [3.63, 3.8) is 0 Å². The topological polar surface area (TPSA) is 83.5 Å². The lowest BCUT2D eigenvalue weighted by Crippen LogP contribution is -2.38. The number of carboxylic acid groups (broad SMARTS) is 1. The van der Waals surface area contributed by atoms with Crippen LogP contribution < -0.4 is 4.72 Å². The van der Waals surface area contributed by atoms with E-state index in [0.29, 0.717) is 24.3 Å². The van der Waals surface area contributed by atoms with Crippen LogP contribution in [0.2, 0.25) is 5.02 Å². The van der Waals surface area contributed by atoms with Crippen molar-refractivity contribution in [3.05, 3.63) is 64.2 Å². The van der Waals surface area contributed by atoms with Crippen molar-refractivity contribution in [2.75, 3.05) is 0 Å².